The first-order valence-corrected chi connectivity index (χ1v) is 11.5. The molecule has 2 fully saturated rings. The van der Waals surface area contributed by atoms with Gasteiger partial charge in [-0.3, -0.25) is 9.78 Å². The highest BCUT2D eigenvalue weighted by atomic mass is 16.5. The molecule has 2 aliphatic heterocycles. The summed E-state index contributed by atoms with van der Waals surface area (Å²) in [6.07, 6.45) is 16.7. The predicted molar refractivity (Wildman–Crippen MR) is 114 cm³/mol. The zero-order valence-corrected chi connectivity index (χ0v) is 17.4. The first-order chi connectivity index (χ1) is 14.3. The van der Waals surface area contributed by atoms with Crippen molar-refractivity contribution in [3.05, 3.63) is 24.5 Å². The first-order valence-electron chi connectivity index (χ1n) is 11.5. The van der Waals surface area contributed by atoms with E-state index in [1.165, 1.54) is 64.2 Å². The van der Waals surface area contributed by atoms with Crippen molar-refractivity contribution in [1.82, 2.24) is 15.3 Å². The van der Waals surface area contributed by atoms with E-state index in [1.54, 1.807) is 12.4 Å². The molecule has 1 saturated heterocycles. The van der Waals surface area contributed by atoms with E-state index in [4.69, 9.17) is 4.74 Å². The molecule has 1 amide bonds. The minimum absolute atomic E-state index is 0.0622. The Morgan fingerprint density at radius 3 is 2.24 bits per heavy atom. The van der Waals surface area contributed by atoms with Crippen molar-refractivity contribution in [3.8, 4) is 5.75 Å². The van der Waals surface area contributed by atoms with Gasteiger partial charge in [-0.05, 0) is 30.9 Å². The summed E-state index contributed by atoms with van der Waals surface area (Å²) in [6.45, 7) is 2.09. The molecule has 6 heteroatoms. The van der Waals surface area contributed by atoms with Crippen molar-refractivity contribution in [2.45, 2.75) is 70.3 Å². The number of hydrogen-bond acceptors (Lipinski definition) is 5. The Morgan fingerprint density at radius 2 is 1.59 bits per heavy atom. The highest BCUT2D eigenvalue weighted by Gasteiger charge is 2.40. The molecule has 1 aromatic heterocycles. The lowest BCUT2D eigenvalue weighted by Gasteiger charge is -2.39. The number of hydrazone groups is 1. The molecule has 158 valence electrons. The van der Waals surface area contributed by atoms with Crippen molar-refractivity contribution >= 4 is 11.6 Å². The van der Waals surface area contributed by atoms with Gasteiger partial charge < -0.3 is 15.1 Å². The fourth-order valence-corrected chi connectivity index (χ4v) is 4.88. The summed E-state index contributed by atoms with van der Waals surface area (Å²) in [4.78, 5) is 19.0. The maximum Gasteiger partial charge on any atom is 0.270 e. The largest absolute Gasteiger partial charge is 0.487 e. The number of likely N-dealkylation sites (tertiary alicyclic amines) is 1. The number of pyridine rings is 1. The summed E-state index contributed by atoms with van der Waals surface area (Å²) < 4.78 is 5.92. The number of rotatable bonds is 4. The van der Waals surface area contributed by atoms with Crippen LogP contribution in [0.25, 0.3) is 0 Å². The normalized spacial score (nSPS) is 24.8. The molecular weight excluding hydrogens is 364 g/mol. The van der Waals surface area contributed by atoms with Gasteiger partial charge in [-0.25, -0.2) is 0 Å². The summed E-state index contributed by atoms with van der Waals surface area (Å²) in [5.41, 5.74) is 3.89. The van der Waals surface area contributed by atoms with Crippen LogP contribution in [0.2, 0.25) is 0 Å². The van der Waals surface area contributed by atoms with E-state index in [2.05, 4.69) is 15.5 Å². The number of aromatic nitrogens is 1. The summed E-state index contributed by atoms with van der Waals surface area (Å²) in [5, 5.41) is 4.45. The van der Waals surface area contributed by atoms with Gasteiger partial charge in [-0.2, -0.15) is 5.10 Å². The third-order valence-electron chi connectivity index (χ3n) is 6.64. The molecule has 6 nitrogen and oxygen atoms in total. The van der Waals surface area contributed by atoms with Crippen LogP contribution in [-0.2, 0) is 4.79 Å². The van der Waals surface area contributed by atoms with Crippen molar-refractivity contribution in [2.75, 3.05) is 19.6 Å². The summed E-state index contributed by atoms with van der Waals surface area (Å²) >= 11 is 0. The number of carbonyl (C=O) groups excluding carboxylic acids is 1. The van der Waals surface area contributed by atoms with Crippen molar-refractivity contribution < 1.29 is 9.53 Å². The van der Waals surface area contributed by atoms with Gasteiger partial charge in [0.15, 0.2) is 0 Å². The van der Waals surface area contributed by atoms with E-state index in [-0.39, 0.29) is 17.9 Å². The van der Waals surface area contributed by atoms with Crippen LogP contribution in [0.3, 0.4) is 0 Å². The van der Waals surface area contributed by atoms with Crippen molar-refractivity contribution in [1.29, 1.82) is 0 Å². The lowest BCUT2D eigenvalue weighted by molar-refractivity contribution is -0.132. The predicted octanol–water partition coefficient (Wildman–Crippen LogP) is 3.78. The van der Waals surface area contributed by atoms with Crippen LogP contribution in [0, 0.1) is 11.8 Å². The van der Waals surface area contributed by atoms with E-state index in [0.29, 0.717) is 19.0 Å². The van der Waals surface area contributed by atoms with Crippen LogP contribution < -0.4 is 10.2 Å². The number of carbonyl (C=O) groups is 1. The molecule has 29 heavy (non-hydrogen) atoms. The summed E-state index contributed by atoms with van der Waals surface area (Å²) in [6, 6.07) is 3.71. The van der Waals surface area contributed by atoms with E-state index < -0.39 is 0 Å². The van der Waals surface area contributed by atoms with E-state index in [1.807, 2.05) is 17.0 Å². The monoisotopic (exact) mass is 398 g/mol. The average molecular weight is 399 g/mol. The van der Waals surface area contributed by atoms with Crippen molar-refractivity contribution in [3.63, 3.8) is 0 Å². The maximum absolute atomic E-state index is 13.1. The smallest absolute Gasteiger partial charge is 0.270 e. The molecule has 1 aromatic rings. The topological polar surface area (TPSA) is 66.8 Å². The van der Waals surface area contributed by atoms with Crippen LogP contribution in [0.1, 0.15) is 64.2 Å². The average Bonchev–Trinajstić information content (AvgIpc) is 3.17. The zero-order chi connectivity index (χ0) is 19.9. The molecule has 1 aliphatic carbocycles. The number of hydrogen-bond donors (Lipinski definition) is 1. The Kier molecular flexibility index (Phi) is 7.01. The number of amides is 1. The highest BCUT2D eigenvalue weighted by molar-refractivity contribution is 6.40. The Labute approximate surface area is 174 Å². The van der Waals surface area contributed by atoms with Gasteiger partial charge in [0.1, 0.15) is 17.6 Å². The Balaban J connectivity index is 1.31. The minimum Gasteiger partial charge on any atom is -0.487 e. The molecule has 0 spiro atoms. The molecule has 1 N–H and O–H groups in total. The Bertz CT molecular complexity index is 675. The van der Waals surface area contributed by atoms with Gasteiger partial charge >= 0.3 is 0 Å². The molecule has 0 radical (unpaired) electrons. The summed E-state index contributed by atoms with van der Waals surface area (Å²) in [5.74, 6) is 1.76. The van der Waals surface area contributed by atoms with Crippen LogP contribution in [0.4, 0.5) is 0 Å². The van der Waals surface area contributed by atoms with Gasteiger partial charge in [-0.15, -0.1) is 0 Å². The first kappa shape index (κ1) is 20.2. The molecule has 3 aliphatic rings. The molecule has 0 aromatic carbocycles. The maximum atomic E-state index is 13.1. The molecule has 1 unspecified atom stereocenters. The minimum atomic E-state index is 0.0622. The van der Waals surface area contributed by atoms with E-state index in [0.717, 1.165) is 18.0 Å². The second-order valence-corrected chi connectivity index (χ2v) is 8.76. The lowest BCUT2D eigenvalue weighted by Crippen LogP contribution is -2.58. The summed E-state index contributed by atoms with van der Waals surface area (Å²) in [7, 11) is 0. The highest BCUT2D eigenvalue weighted by Crippen LogP contribution is 2.31. The number of nitrogens with zero attached hydrogens (tertiary/aromatic N) is 3. The van der Waals surface area contributed by atoms with Crippen LogP contribution >= 0.6 is 0 Å². The van der Waals surface area contributed by atoms with Gasteiger partial charge in [0.05, 0.1) is 13.1 Å². The van der Waals surface area contributed by atoms with Crippen LogP contribution in [0.5, 0.6) is 5.75 Å². The molecular formula is C23H34N4O2. The SMILES string of the molecule is O=C(C1=NNCC1C1CCCCCCCCCC1)N1CC(Oc2ccncc2)C1. The molecule has 3 heterocycles. The lowest BCUT2D eigenvalue weighted by atomic mass is 9.81. The molecule has 1 saturated carbocycles. The van der Waals surface area contributed by atoms with Gasteiger partial charge in [0.2, 0.25) is 0 Å². The number of nitrogens with one attached hydrogen (secondary N) is 1. The molecule has 4 rings (SSSR count). The Hall–Kier alpha value is -2.11. The van der Waals surface area contributed by atoms with Crippen LogP contribution in [0.15, 0.2) is 29.6 Å². The second-order valence-electron chi connectivity index (χ2n) is 8.76. The fourth-order valence-electron chi connectivity index (χ4n) is 4.88. The third kappa shape index (κ3) is 5.28. The van der Waals surface area contributed by atoms with E-state index >= 15 is 0 Å². The zero-order valence-electron chi connectivity index (χ0n) is 17.4. The van der Waals surface area contributed by atoms with Gasteiger partial charge in [-0.1, -0.05) is 51.4 Å². The van der Waals surface area contributed by atoms with E-state index in [9.17, 15) is 4.79 Å². The second kappa shape index (κ2) is 10.1. The number of ether oxygens (including phenoxy) is 1. The molecule has 0 bridgehead atoms. The molecule has 1 atom stereocenters. The standard InChI is InChI=1S/C23H34N4O2/c28-23(27-16-20(17-27)29-19-11-13-24-14-12-19)22-21(15-25-26-22)18-9-7-5-3-1-2-4-6-8-10-18/h11-14,18,20-21,25H,1-10,15-17H2. The quantitative estimate of drug-likeness (QED) is 0.838. The van der Waals surface area contributed by atoms with Crippen molar-refractivity contribution in [2.24, 2.45) is 16.9 Å². The van der Waals surface area contributed by atoms with Gasteiger partial charge in [0.25, 0.3) is 5.91 Å². The fraction of sp³-hybridized carbons (Fsp3) is 0.696. The van der Waals surface area contributed by atoms with Crippen LogP contribution in [-0.4, -0.2) is 47.2 Å². The Morgan fingerprint density at radius 1 is 0.966 bits per heavy atom. The van der Waals surface area contributed by atoms with Gasteiger partial charge in [0, 0.05) is 24.9 Å². The third-order valence-corrected chi connectivity index (χ3v) is 6.64.